The molecule has 3 nitrogen and oxygen atoms in total. The van der Waals surface area contributed by atoms with Crippen molar-refractivity contribution in [1.29, 1.82) is 0 Å². The lowest BCUT2D eigenvalue weighted by Gasteiger charge is -2.26. The van der Waals surface area contributed by atoms with Crippen LogP contribution in [0.5, 0.6) is 0 Å². The van der Waals surface area contributed by atoms with Crippen LogP contribution in [0.1, 0.15) is 110 Å². The predicted molar refractivity (Wildman–Crippen MR) is 111 cm³/mol. The highest BCUT2D eigenvalue weighted by molar-refractivity contribution is 6.60. The lowest BCUT2D eigenvalue weighted by molar-refractivity contribution is 0.0955. The topological polar surface area (TPSA) is 27.7 Å². The van der Waals surface area contributed by atoms with E-state index in [1.165, 1.54) is 89.9 Å². The molecule has 0 unspecified atom stereocenters. The summed E-state index contributed by atoms with van der Waals surface area (Å²) < 4.78 is 17.5. The maximum atomic E-state index is 6.11. The number of rotatable bonds is 20. The average molecular weight is 375 g/mol. The summed E-state index contributed by atoms with van der Waals surface area (Å²) in [6, 6.07) is 0.964. The van der Waals surface area contributed by atoms with Gasteiger partial charge in [-0.05, 0) is 12.8 Å². The minimum atomic E-state index is -2.41. The average Bonchev–Trinajstić information content (AvgIpc) is 2.64. The van der Waals surface area contributed by atoms with Crippen molar-refractivity contribution in [3.63, 3.8) is 0 Å². The van der Waals surface area contributed by atoms with Gasteiger partial charge >= 0.3 is 8.80 Å². The summed E-state index contributed by atoms with van der Waals surface area (Å²) in [7, 11) is 1.10. The Kier molecular flexibility index (Phi) is 18.9. The Hall–Kier alpha value is 0.0969. The molecule has 0 saturated heterocycles. The summed E-state index contributed by atoms with van der Waals surface area (Å²) in [5, 5.41) is 0. The molecule has 0 saturated carbocycles. The highest BCUT2D eigenvalue weighted by Crippen LogP contribution is 2.20. The first-order chi connectivity index (χ1) is 12.2. The van der Waals surface area contributed by atoms with Crippen molar-refractivity contribution in [3.05, 3.63) is 0 Å². The summed E-state index contributed by atoms with van der Waals surface area (Å²) >= 11 is 0. The molecule has 0 rings (SSSR count). The van der Waals surface area contributed by atoms with Gasteiger partial charge in [0.25, 0.3) is 0 Å². The Morgan fingerprint density at radius 3 is 1.36 bits per heavy atom. The molecule has 0 aliphatic heterocycles. The van der Waals surface area contributed by atoms with E-state index in [1.54, 1.807) is 14.2 Å². The largest absolute Gasteiger partial charge is 0.500 e. The molecule has 0 N–H and O–H groups in total. The fourth-order valence-corrected chi connectivity index (χ4v) is 5.33. The van der Waals surface area contributed by atoms with E-state index in [4.69, 9.17) is 13.3 Å². The molecule has 0 amide bonds. The zero-order valence-corrected chi connectivity index (χ0v) is 18.7. The van der Waals surface area contributed by atoms with Crippen molar-refractivity contribution in [2.45, 2.75) is 116 Å². The molecule has 0 aliphatic carbocycles. The molecule has 0 fully saturated rings. The minimum absolute atomic E-state index is 0.790. The van der Waals surface area contributed by atoms with E-state index >= 15 is 0 Å². The van der Waals surface area contributed by atoms with E-state index in [1.807, 2.05) is 0 Å². The van der Waals surface area contributed by atoms with Gasteiger partial charge in [-0.3, -0.25) is 0 Å². The molecule has 0 heterocycles. The monoisotopic (exact) mass is 374 g/mol. The van der Waals surface area contributed by atoms with Crippen LogP contribution in [0.2, 0.25) is 6.04 Å². The Morgan fingerprint density at radius 1 is 0.520 bits per heavy atom. The van der Waals surface area contributed by atoms with Crippen LogP contribution in [0.25, 0.3) is 0 Å². The van der Waals surface area contributed by atoms with Gasteiger partial charge in [-0.15, -0.1) is 0 Å². The summed E-state index contributed by atoms with van der Waals surface area (Å²) in [6.07, 6.45) is 19.8. The van der Waals surface area contributed by atoms with E-state index in [0.29, 0.717) is 0 Å². The van der Waals surface area contributed by atoms with Gasteiger partial charge in [-0.25, -0.2) is 0 Å². The van der Waals surface area contributed by atoms with Crippen molar-refractivity contribution in [2.75, 3.05) is 20.8 Å². The molecule has 0 radical (unpaired) electrons. The third kappa shape index (κ3) is 14.9. The van der Waals surface area contributed by atoms with E-state index < -0.39 is 8.80 Å². The summed E-state index contributed by atoms with van der Waals surface area (Å²) in [5.41, 5.74) is 0. The molecule has 0 aromatic heterocycles. The van der Waals surface area contributed by atoms with Crippen molar-refractivity contribution in [2.24, 2.45) is 0 Å². The van der Waals surface area contributed by atoms with Crippen molar-refractivity contribution in [3.8, 4) is 0 Å². The maximum absolute atomic E-state index is 6.11. The number of unbranched alkanes of at least 4 members (excludes halogenated alkanes) is 13. The van der Waals surface area contributed by atoms with Crippen LogP contribution >= 0.6 is 0 Å². The maximum Gasteiger partial charge on any atom is 0.500 e. The highest BCUT2D eigenvalue weighted by atomic mass is 28.4. The van der Waals surface area contributed by atoms with Crippen LogP contribution in [0.4, 0.5) is 0 Å². The first kappa shape index (κ1) is 25.1. The zero-order valence-electron chi connectivity index (χ0n) is 17.7. The van der Waals surface area contributed by atoms with Crippen LogP contribution in [0, 0.1) is 0 Å². The second-order valence-electron chi connectivity index (χ2n) is 7.29. The summed E-state index contributed by atoms with van der Waals surface area (Å²) in [4.78, 5) is 0. The van der Waals surface area contributed by atoms with E-state index in [0.717, 1.165) is 19.1 Å². The van der Waals surface area contributed by atoms with E-state index in [9.17, 15) is 0 Å². The van der Waals surface area contributed by atoms with Crippen molar-refractivity contribution < 1.29 is 13.3 Å². The first-order valence-corrected chi connectivity index (χ1v) is 12.9. The lowest BCUT2D eigenvalue weighted by Crippen LogP contribution is -2.44. The highest BCUT2D eigenvalue weighted by Gasteiger charge is 2.37. The molecule has 0 aromatic rings. The summed E-state index contributed by atoms with van der Waals surface area (Å²) in [6.45, 7) is 5.32. The van der Waals surface area contributed by atoms with E-state index in [-0.39, 0.29) is 0 Å². The Balaban J connectivity index is 3.70. The fourth-order valence-electron chi connectivity index (χ4n) is 3.24. The quantitative estimate of drug-likeness (QED) is 0.168. The van der Waals surface area contributed by atoms with Gasteiger partial charge in [0.05, 0.1) is 0 Å². The van der Waals surface area contributed by atoms with Crippen LogP contribution in [-0.4, -0.2) is 29.6 Å². The van der Waals surface area contributed by atoms with E-state index in [2.05, 4.69) is 13.8 Å². The number of hydrogen-bond donors (Lipinski definition) is 0. The van der Waals surface area contributed by atoms with Gasteiger partial charge in [-0.2, -0.15) is 0 Å². The van der Waals surface area contributed by atoms with Gasteiger partial charge in [0, 0.05) is 26.9 Å². The normalized spacial score (nSPS) is 12.0. The molecule has 0 spiro atoms. The molecule has 0 aliphatic rings. The fraction of sp³-hybridized carbons (Fsp3) is 1.00. The van der Waals surface area contributed by atoms with Crippen LogP contribution < -0.4 is 0 Å². The zero-order chi connectivity index (χ0) is 18.6. The Morgan fingerprint density at radius 2 is 0.920 bits per heavy atom. The first-order valence-electron chi connectivity index (χ1n) is 11.0. The molecule has 4 heteroatoms. The van der Waals surface area contributed by atoms with Gasteiger partial charge in [0.15, 0.2) is 0 Å². The third-order valence-electron chi connectivity index (χ3n) is 5.03. The van der Waals surface area contributed by atoms with Crippen molar-refractivity contribution >= 4 is 8.80 Å². The second kappa shape index (κ2) is 18.9. The van der Waals surface area contributed by atoms with Gasteiger partial charge < -0.3 is 13.3 Å². The molecule has 0 atom stereocenters. The molecule has 25 heavy (non-hydrogen) atoms. The third-order valence-corrected chi connectivity index (χ3v) is 7.88. The number of hydrogen-bond acceptors (Lipinski definition) is 3. The Bertz CT molecular complexity index is 236. The van der Waals surface area contributed by atoms with Crippen LogP contribution in [0.3, 0.4) is 0 Å². The summed E-state index contributed by atoms with van der Waals surface area (Å²) in [5.74, 6) is 0. The molecule has 0 aromatic carbocycles. The SMILES string of the molecule is CCCCCCCCCC[Si](OC)(OC)OCCCCCCCCC. The minimum Gasteiger partial charge on any atom is -0.377 e. The molecule has 152 valence electrons. The van der Waals surface area contributed by atoms with Gasteiger partial charge in [0.2, 0.25) is 0 Å². The molecular weight excluding hydrogens is 328 g/mol. The smallest absolute Gasteiger partial charge is 0.377 e. The lowest BCUT2D eigenvalue weighted by atomic mass is 10.1. The van der Waals surface area contributed by atoms with Crippen molar-refractivity contribution in [1.82, 2.24) is 0 Å². The molecular formula is C21H46O3Si. The predicted octanol–water partition coefficient (Wildman–Crippen LogP) is 7.13. The van der Waals surface area contributed by atoms with Crippen LogP contribution in [-0.2, 0) is 13.3 Å². The molecule has 0 bridgehead atoms. The van der Waals surface area contributed by atoms with Gasteiger partial charge in [-0.1, -0.05) is 97.3 Å². The van der Waals surface area contributed by atoms with Crippen LogP contribution in [0.15, 0.2) is 0 Å². The standard InChI is InChI=1S/C21H46O3Si/c1-5-7-9-11-13-15-17-19-21-25(22-3,23-4)24-20-18-16-14-12-10-8-6-2/h5-21H2,1-4H3. The second-order valence-corrected chi connectivity index (χ2v) is 10.3. The Labute approximate surface area is 159 Å². The van der Waals surface area contributed by atoms with Gasteiger partial charge in [0.1, 0.15) is 0 Å².